The van der Waals surface area contributed by atoms with E-state index in [9.17, 15) is 31.1 Å². The first-order valence-electron chi connectivity index (χ1n) is 11.6. The van der Waals surface area contributed by atoms with Crippen LogP contribution in [0.5, 0.6) is 0 Å². The van der Waals surface area contributed by atoms with E-state index in [0.29, 0.717) is 25.3 Å². The van der Waals surface area contributed by atoms with Gasteiger partial charge >= 0.3 is 6.18 Å². The van der Waals surface area contributed by atoms with Crippen molar-refractivity contribution >= 4 is 15.7 Å². The number of alkyl halides is 3. The monoisotopic (exact) mass is 540 g/mol. The molecular weight excluding hydrogens is 516 g/mol. The molecule has 1 fully saturated rings. The summed E-state index contributed by atoms with van der Waals surface area (Å²) in [6.07, 6.45) is -3.06. The van der Waals surface area contributed by atoms with Gasteiger partial charge in [0.15, 0.2) is 5.60 Å². The van der Waals surface area contributed by atoms with Gasteiger partial charge in [0.1, 0.15) is 5.82 Å². The number of benzene rings is 2. The molecular formula is C24H24F4N4O4S. The van der Waals surface area contributed by atoms with Crippen LogP contribution in [0.25, 0.3) is 0 Å². The second-order valence-corrected chi connectivity index (χ2v) is 11.5. The molecule has 0 saturated heterocycles. The molecule has 13 heteroatoms. The van der Waals surface area contributed by atoms with Gasteiger partial charge in [0.25, 0.3) is 10.0 Å². The van der Waals surface area contributed by atoms with Crippen molar-refractivity contribution in [1.29, 1.82) is 0 Å². The Kier molecular flexibility index (Phi) is 5.88. The normalized spacial score (nSPS) is 20.8. The second-order valence-electron chi connectivity index (χ2n) is 9.72. The van der Waals surface area contributed by atoms with Gasteiger partial charge in [-0.1, -0.05) is 12.1 Å². The zero-order valence-corrected chi connectivity index (χ0v) is 20.5. The summed E-state index contributed by atoms with van der Waals surface area (Å²) in [5.41, 5.74) is 2.37. The lowest BCUT2D eigenvalue weighted by Crippen LogP contribution is -2.45. The van der Waals surface area contributed by atoms with Crippen LogP contribution >= 0.6 is 0 Å². The fourth-order valence-corrected chi connectivity index (χ4v) is 6.14. The lowest BCUT2D eigenvalue weighted by atomic mass is 9.89. The number of sulfonamides is 1. The van der Waals surface area contributed by atoms with Crippen molar-refractivity contribution < 1.29 is 35.5 Å². The molecule has 2 aromatic carbocycles. The van der Waals surface area contributed by atoms with Crippen LogP contribution < -0.4 is 10.0 Å². The van der Waals surface area contributed by atoms with E-state index in [2.05, 4.69) is 10.2 Å². The Bertz CT molecular complexity index is 1430. The molecule has 8 nitrogen and oxygen atoms in total. The lowest BCUT2D eigenvalue weighted by Gasteiger charge is -2.38. The van der Waals surface area contributed by atoms with Crippen LogP contribution in [0.1, 0.15) is 49.1 Å². The van der Waals surface area contributed by atoms with Crippen molar-refractivity contribution in [2.45, 2.75) is 67.3 Å². The van der Waals surface area contributed by atoms with Gasteiger partial charge in [0.05, 0.1) is 22.2 Å². The summed E-state index contributed by atoms with van der Waals surface area (Å²) in [5.74, 6) is -0.176. The summed E-state index contributed by atoms with van der Waals surface area (Å²) in [5, 5.41) is 18.2. The molecule has 1 aliphatic heterocycles. The SMILES string of the molecule is CC(O)(c1ccc2c(c1)CC[C@@H](Cc1nnc(C3(N)CC3)o1)N2S(=O)(=O)c1ccc(F)cc1)C(F)(F)F. The number of hydrogen-bond donors (Lipinski definition) is 2. The molecule has 37 heavy (non-hydrogen) atoms. The van der Waals surface area contributed by atoms with Crippen LogP contribution in [0.15, 0.2) is 51.8 Å². The van der Waals surface area contributed by atoms with E-state index in [4.69, 9.17) is 10.2 Å². The standard InChI is InChI=1S/C24H24F4N4O4S/c1-22(33,24(26,27)28)15-3-9-19-14(12-15)2-6-17(13-20-30-31-21(36-20)23(29)10-11-23)32(19)37(34,35)18-7-4-16(25)5-8-18/h3-5,7-9,12,17,33H,2,6,10-11,13,29H2,1H3/t17-,22?/m0/s1. The van der Waals surface area contributed by atoms with Gasteiger partial charge in [-0.05, 0) is 74.1 Å². The molecule has 1 saturated carbocycles. The summed E-state index contributed by atoms with van der Waals surface area (Å²) >= 11 is 0. The van der Waals surface area contributed by atoms with E-state index in [1.54, 1.807) is 0 Å². The summed E-state index contributed by atoms with van der Waals surface area (Å²) in [7, 11) is -4.28. The van der Waals surface area contributed by atoms with Crippen LogP contribution in [0.3, 0.4) is 0 Å². The second kappa shape index (κ2) is 8.50. The highest BCUT2D eigenvalue weighted by molar-refractivity contribution is 7.92. The van der Waals surface area contributed by atoms with Gasteiger partial charge < -0.3 is 15.3 Å². The van der Waals surface area contributed by atoms with E-state index < -0.39 is 44.8 Å². The Labute approximate surface area is 210 Å². The van der Waals surface area contributed by atoms with Crippen LogP contribution in [0.4, 0.5) is 23.2 Å². The number of nitrogens with zero attached hydrogens (tertiary/aromatic N) is 3. The van der Waals surface area contributed by atoms with Crippen molar-refractivity contribution in [3.8, 4) is 0 Å². The predicted molar refractivity (Wildman–Crippen MR) is 123 cm³/mol. The summed E-state index contributed by atoms with van der Waals surface area (Å²) in [4.78, 5) is -0.191. The largest absolute Gasteiger partial charge is 0.423 e. The molecule has 0 radical (unpaired) electrons. The molecule has 0 bridgehead atoms. The van der Waals surface area contributed by atoms with Crippen LogP contribution in [0.2, 0.25) is 0 Å². The van der Waals surface area contributed by atoms with E-state index in [1.165, 1.54) is 12.1 Å². The minimum atomic E-state index is -4.93. The Morgan fingerprint density at radius 2 is 1.84 bits per heavy atom. The number of aryl methyl sites for hydroxylation is 1. The molecule has 2 atom stereocenters. The van der Waals surface area contributed by atoms with Gasteiger partial charge in [-0.3, -0.25) is 4.31 Å². The predicted octanol–water partition coefficient (Wildman–Crippen LogP) is 3.68. The molecule has 198 valence electrons. The number of aromatic nitrogens is 2. The van der Waals surface area contributed by atoms with E-state index >= 15 is 0 Å². The summed E-state index contributed by atoms with van der Waals surface area (Å²) in [6.45, 7) is 0.643. The third-order valence-corrected chi connectivity index (χ3v) is 8.85. The minimum absolute atomic E-state index is 0.0327. The highest BCUT2D eigenvalue weighted by Gasteiger charge is 2.51. The molecule has 3 N–H and O–H groups in total. The fraction of sp³-hybridized carbons (Fsp3) is 0.417. The van der Waals surface area contributed by atoms with Crippen molar-refractivity contribution in [1.82, 2.24) is 10.2 Å². The Morgan fingerprint density at radius 1 is 1.16 bits per heavy atom. The van der Waals surface area contributed by atoms with Crippen molar-refractivity contribution in [3.63, 3.8) is 0 Å². The van der Waals surface area contributed by atoms with Gasteiger partial charge in [-0.2, -0.15) is 13.2 Å². The zero-order valence-electron chi connectivity index (χ0n) is 19.7. The molecule has 0 amide bonds. The molecule has 3 aromatic rings. The van der Waals surface area contributed by atoms with Gasteiger partial charge in [-0.15, -0.1) is 10.2 Å². The Balaban J connectivity index is 1.56. The van der Waals surface area contributed by atoms with E-state index in [1.807, 2.05) is 0 Å². The first-order valence-corrected chi connectivity index (χ1v) is 13.0. The smallest absolute Gasteiger partial charge is 0.421 e. The molecule has 1 aliphatic carbocycles. The van der Waals surface area contributed by atoms with Crippen molar-refractivity contribution in [2.75, 3.05) is 4.31 Å². The number of aliphatic hydroxyl groups is 1. The average molecular weight is 541 g/mol. The number of nitrogens with two attached hydrogens (primary N) is 1. The molecule has 1 unspecified atom stereocenters. The molecule has 0 spiro atoms. The highest BCUT2D eigenvalue weighted by atomic mass is 32.2. The average Bonchev–Trinajstić information content (AvgIpc) is 3.40. The van der Waals surface area contributed by atoms with Crippen molar-refractivity contribution in [3.05, 3.63) is 71.2 Å². The van der Waals surface area contributed by atoms with Gasteiger partial charge in [0, 0.05) is 6.42 Å². The van der Waals surface area contributed by atoms with Gasteiger partial charge in [-0.25, -0.2) is 12.8 Å². The number of anilines is 1. The first kappa shape index (κ1) is 25.6. The maximum absolute atomic E-state index is 13.8. The van der Waals surface area contributed by atoms with Crippen molar-refractivity contribution in [2.24, 2.45) is 5.73 Å². The Hall–Kier alpha value is -3.03. The lowest BCUT2D eigenvalue weighted by molar-refractivity contribution is -0.258. The zero-order chi connectivity index (χ0) is 26.8. The van der Waals surface area contributed by atoms with E-state index in [-0.39, 0.29) is 41.6 Å². The summed E-state index contributed by atoms with van der Waals surface area (Å²) < 4.78 is 88.2. The topological polar surface area (TPSA) is 123 Å². The van der Waals surface area contributed by atoms with Crippen LogP contribution in [-0.2, 0) is 34.0 Å². The van der Waals surface area contributed by atoms with E-state index in [0.717, 1.165) is 34.6 Å². The molecule has 1 aromatic heterocycles. The number of fused-ring (bicyclic) bond motifs is 1. The van der Waals surface area contributed by atoms with Crippen LogP contribution in [-0.4, -0.2) is 35.9 Å². The number of rotatable bonds is 6. The molecule has 2 aliphatic rings. The first-order chi connectivity index (χ1) is 17.2. The third kappa shape index (κ3) is 4.48. The quantitative estimate of drug-likeness (QED) is 0.458. The third-order valence-electron chi connectivity index (χ3n) is 6.97. The maximum atomic E-state index is 13.8. The number of halogens is 4. The summed E-state index contributed by atoms with van der Waals surface area (Å²) in [6, 6.07) is 7.01. The fourth-order valence-electron chi connectivity index (χ4n) is 4.42. The minimum Gasteiger partial charge on any atom is -0.423 e. The highest BCUT2D eigenvalue weighted by Crippen LogP contribution is 2.44. The van der Waals surface area contributed by atoms with Crippen LogP contribution in [0, 0.1) is 5.82 Å². The maximum Gasteiger partial charge on any atom is 0.421 e. The number of hydrogen-bond acceptors (Lipinski definition) is 7. The molecule has 5 rings (SSSR count). The Morgan fingerprint density at radius 3 is 2.46 bits per heavy atom. The molecule has 2 heterocycles. The van der Waals surface area contributed by atoms with Gasteiger partial charge in [0.2, 0.25) is 11.8 Å².